The first-order chi connectivity index (χ1) is 14.5. The molecule has 1 aromatic heterocycles. The monoisotopic (exact) mass is 407 g/mol. The maximum absolute atomic E-state index is 12.4. The van der Waals surface area contributed by atoms with Gasteiger partial charge in [-0.1, -0.05) is 30.3 Å². The van der Waals surface area contributed by atoms with Crippen LogP contribution < -0.4 is 15.6 Å². The zero-order valence-electron chi connectivity index (χ0n) is 16.3. The highest BCUT2D eigenvalue weighted by molar-refractivity contribution is 5.83. The predicted molar refractivity (Wildman–Crippen MR) is 110 cm³/mol. The van der Waals surface area contributed by atoms with Gasteiger partial charge in [0.05, 0.1) is 19.0 Å². The molecule has 0 saturated carbocycles. The summed E-state index contributed by atoms with van der Waals surface area (Å²) in [5.41, 5.74) is 1.58. The Bertz CT molecular complexity index is 1080. The van der Waals surface area contributed by atoms with Crippen LogP contribution in [-0.4, -0.2) is 39.7 Å². The second-order valence-corrected chi connectivity index (χ2v) is 6.62. The molecule has 2 aromatic carbocycles. The van der Waals surface area contributed by atoms with Crippen LogP contribution in [0.25, 0.3) is 11.3 Å². The molecule has 0 unspecified atom stereocenters. The third-order valence-electron chi connectivity index (χ3n) is 4.49. The molecule has 1 atom stereocenters. The minimum Gasteiger partial charge on any atom is -0.497 e. The van der Waals surface area contributed by atoms with Crippen molar-refractivity contribution in [2.75, 3.05) is 7.11 Å². The Labute approximate surface area is 172 Å². The summed E-state index contributed by atoms with van der Waals surface area (Å²) < 4.78 is 6.32. The number of carbonyl (C=O) groups is 2. The fourth-order valence-electron chi connectivity index (χ4n) is 2.92. The lowest BCUT2D eigenvalue weighted by Crippen LogP contribution is -2.44. The lowest BCUT2D eigenvalue weighted by Gasteiger charge is -2.15. The van der Waals surface area contributed by atoms with Crippen LogP contribution in [0.5, 0.6) is 5.75 Å². The third kappa shape index (κ3) is 5.32. The van der Waals surface area contributed by atoms with E-state index in [1.54, 1.807) is 55.6 Å². The number of aliphatic carboxylic acids is 1. The number of hydrogen-bond acceptors (Lipinski definition) is 5. The van der Waals surface area contributed by atoms with Crippen molar-refractivity contribution in [1.29, 1.82) is 0 Å². The van der Waals surface area contributed by atoms with Gasteiger partial charge in [-0.15, -0.1) is 0 Å². The van der Waals surface area contributed by atoms with Gasteiger partial charge in [0.15, 0.2) is 0 Å². The number of ether oxygens (including phenoxy) is 1. The molecule has 0 radical (unpaired) electrons. The second kappa shape index (κ2) is 9.51. The fraction of sp³-hybridized carbons (Fsp3) is 0.182. The average molecular weight is 407 g/mol. The van der Waals surface area contributed by atoms with Gasteiger partial charge >= 0.3 is 5.97 Å². The summed E-state index contributed by atoms with van der Waals surface area (Å²) in [5.74, 6) is -1.04. The van der Waals surface area contributed by atoms with E-state index in [4.69, 9.17) is 4.74 Å². The lowest BCUT2D eigenvalue weighted by molar-refractivity contribution is -0.141. The number of aromatic nitrogens is 2. The van der Waals surface area contributed by atoms with Crippen LogP contribution in [0.2, 0.25) is 0 Å². The third-order valence-corrected chi connectivity index (χ3v) is 4.49. The van der Waals surface area contributed by atoms with Crippen molar-refractivity contribution in [3.05, 3.63) is 82.9 Å². The Balaban J connectivity index is 1.73. The van der Waals surface area contributed by atoms with Gasteiger partial charge in [0.2, 0.25) is 5.91 Å². The van der Waals surface area contributed by atoms with Gasteiger partial charge in [-0.2, -0.15) is 0 Å². The summed E-state index contributed by atoms with van der Waals surface area (Å²) in [6.07, 6.45) is 2.74. The zero-order chi connectivity index (χ0) is 21.5. The van der Waals surface area contributed by atoms with E-state index in [1.165, 1.54) is 10.8 Å². The number of amides is 1. The van der Waals surface area contributed by atoms with E-state index in [0.29, 0.717) is 11.4 Å². The highest BCUT2D eigenvalue weighted by Gasteiger charge is 2.20. The van der Waals surface area contributed by atoms with E-state index >= 15 is 0 Å². The Hall–Kier alpha value is -3.94. The van der Waals surface area contributed by atoms with Crippen molar-refractivity contribution in [3.63, 3.8) is 0 Å². The van der Waals surface area contributed by atoms with Gasteiger partial charge in [-0.25, -0.2) is 9.78 Å². The molecule has 1 heterocycles. The molecule has 8 heteroatoms. The minimum absolute atomic E-state index is 0.143. The van der Waals surface area contributed by atoms with Gasteiger partial charge in [-0.3, -0.25) is 9.59 Å². The van der Waals surface area contributed by atoms with Crippen LogP contribution in [-0.2, 0) is 22.6 Å². The van der Waals surface area contributed by atoms with E-state index in [1.807, 2.05) is 6.07 Å². The molecule has 0 saturated heterocycles. The van der Waals surface area contributed by atoms with Gasteiger partial charge in [0, 0.05) is 18.2 Å². The van der Waals surface area contributed by atoms with E-state index < -0.39 is 23.5 Å². The van der Waals surface area contributed by atoms with Crippen molar-refractivity contribution in [1.82, 2.24) is 14.9 Å². The second-order valence-electron chi connectivity index (χ2n) is 6.62. The van der Waals surface area contributed by atoms with Crippen molar-refractivity contribution in [3.8, 4) is 17.0 Å². The average Bonchev–Trinajstić information content (AvgIpc) is 2.75. The summed E-state index contributed by atoms with van der Waals surface area (Å²) in [4.78, 5) is 40.2. The first-order valence-corrected chi connectivity index (χ1v) is 9.23. The van der Waals surface area contributed by atoms with E-state index in [9.17, 15) is 19.5 Å². The largest absolute Gasteiger partial charge is 0.497 e. The van der Waals surface area contributed by atoms with Gasteiger partial charge < -0.3 is 19.7 Å². The first-order valence-electron chi connectivity index (χ1n) is 9.23. The Kier molecular flexibility index (Phi) is 6.59. The SMILES string of the molecule is COc1ccc(-c2cn(CC(=O)N[C@@H](Cc3ccccc3)C(=O)O)c(=O)cn2)cc1. The van der Waals surface area contributed by atoms with Crippen LogP contribution in [0.15, 0.2) is 71.8 Å². The number of benzene rings is 2. The van der Waals surface area contributed by atoms with E-state index in [2.05, 4.69) is 10.3 Å². The lowest BCUT2D eigenvalue weighted by atomic mass is 10.1. The summed E-state index contributed by atoms with van der Waals surface area (Å²) in [6.45, 7) is -0.316. The predicted octanol–water partition coefficient (Wildman–Crippen LogP) is 1.73. The number of nitrogens with one attached hydrogen (secondary N) is 1. The smallest absolute Gasteiger partial charge is 0.326 e. The molecular formula is C22H21N3O5. The summed E-state index contributed by atoms with van der Waals surface area (Å²) >= 11 is 0. The van der Waals surface area contributed by atoms with Gasteiger partial charge in [0.1, 0.15) is 18.3 Å². The molecule has 30 heavy (non-hydrogen) atoms. The molecule has 154 valence electrons. The molecule has 0 spiro atoms. The molecule has 1 amide bonds. The number of carboxylic acids is 1. The molecule has 0 aliphatic heterocycles. The topological polar surface area (TPSA) is 111 Å². The Morgan fingerprint density at radius 2 is 1.83 bits per heavy atom. The number of carboxylic acid groups (broad SMARTS) is 1. The summed E-state index contributed by atoms with van der Waals surface area (Å²) in [5, 5.41) is 11.9. The minimum atomic E-state index is -1.15. The van der Waals surface area contributed by atoms with Gasteiger partial charge in [-0.05, 0) is 29.8 Å². The molecule has 0 aliphatic carbocycles. The number of carbonyl (C=O) groups excluding carboxylic acids is 1. The Morgan fingerprint density at radius 1 is 1.13 bits per heavy atom. The first kappa shape index (κ1) is 20.8. The van der Waals surface area contributed by atoms with E-state index in [-0.39, 0.29) is 13.0 Å². The van der Waals surface area contributed by atoms with Crippen LogP contribution in [0.4, 0.5) is 0 Å². The molecule has 0 bridgehead atoms. The van der Waals surface area contributed by atoms with Crippen LogP contribution in [0.3, 0.4) is 0 Å². The molecule has 2 N–H and O–H groups in total. The molecule has 0 fully saturated rings. The number of hydrogen-bond donors (Lipinski definition) is 2. The Morgan fingerprint density at radius 3 is 2.47 bits per heavy atom. The van der Waals surface area contributed by atoms with Crippen molar-refractivity contribution in [2.24, 2.45) is 0 Å². The maximum Gasteiger partial charge on any atom is 0.326 e. The van der Waals surface area contributed by atoms with Gasteiger partial charge in [0.25, 0.3) is 5.56 Å². The normalized spacial score (nSPS) is 11.5. The molecular weight excluding hydrogens is 386 g/mol. The van der Waals surface area contributed by atoms with Crippen LogP contribution >= 0.6 is 0 Å². The summed E-state index contributed by atoms with van der Waals surface area (Å²) in [6, 6.07) is 15.0. The number of rotatable bonds is 8. The van der Waals surface area contributed by atoms with Crippen molar-refractivity contribution >= 4 is 11.9 Å². The summed E-state index contributed by atoms with van der Waals surface area (Å²) in [7, 11) is 1.56. The highest BCUT2D eigenvalue weighted by Crippen LogP contribution is 2.19. The maximum atomic E-state index is 12.4. The fourth-order valence-corrected chi connectivity index (χ4v) is 2.92. The quantitative estimate of drug-likeness (QED) is 0.588. The zero-order valence-corrected chi connectivity index (χ0v) is 16.3. The molecule has 8 nitrogen and oxygen atoms in total. The number of nitrogens with zero attached hydrogens (tertiary/aromatic N) is 2. The molecule has 0 aliphatic rings. The van der Waals surface area contributed by atoms with Crippen LogP contribution in [0, 0.1) is 0 Å². The van der Waals surface area contributed by atoms with E-state index in [0.717, 1.165) is 17.3 Å². The van der Waals surface area contributed by atoms with Crippen LogP contribution in [0.1, 0.15) is 5.56 Å². The van der Waals surface area contributed by atoms with Crippen molar-refractivity contribution in [2.45, 2.75) is 19.0 Å². The standard InChI is InChI=1S/C22H21N3O5/c1-30-17-9-7-16(8-10-17)19-13-25(21(27)12-23-19)14-20(26)24-18(22(28)29)11-15-5-3-2-4-6-15/h2-10,12-13,18H,11,14H2,1H3,(H,24,26)(H,28,29)/t18-/m0/s1. The molecule has 3 aromatic rings. The van der Waals surface area contributed by atoms with Crippen molar-refractivity contribution < 1.29 is 19.4 Å². The highest BCUT2D eigenvalue weighted by atomic mass is 16.5. The number of methoxy groups -OCH3 is 1. The molecule has 3 rings (SSSR count).